The molecular formula is C10H10F9NO2. The van der Waals surface area contributed by atoms with Crippen molar-refractivity contribution >= 4 is 0 Å². The van der Waals surface area contributed by atoms with Crippen molar-refractivity contribution in [2.45, 2.75) is 24.6 Å². The molecule has 1 heterocycles. The Morgan fingerprint density at radius 3 is 1.73 bits per heavy atom. The molecule has 3 nitrogen and oxygen atoms in total. The van der Waals surface area contributed by atoms with Crippen LogP contribution in [0.15, 0.2) is 12.0 Å². The zero-order chi connectivity index (χ0) is 17.2. The van der Waals surface area contributed by atoms with E-state index in [-0.39, 0.29) is 32.5 Å². The molecule has 1 aliphatic rings. The maximum Gasteiger partial charge on any atom is 0.450 e. The number of nitrogens with zero attached hydrogens (tertiary/aromatic N) is 1. The number of morpholine rings is 1. The van der Waals surface area contributed by atoms with Gasteiger partial charge in [0.15, 0.2) is 0 Å². The predicted molar refractivity (Wildman–Crippen MR) is 53.5 cm³/mol. The SMILES string of the molecule is FC(F)(F)C(=CN1CCOCC1)OC(C(F)(F)F)C(F)(F)F. The Hall–Kier alpha value is -1.33. The highest BCUT2D eigenvalue weighted by atomic mass is 19.4. The summed E-state index contributed by atoms with van der Waals surface area (Å²) in [7, 11) is 0. The van der Waals surface area contributed by atoms with Crippen molar-refractivity contribution in [2.24, 2.45) is 0 Å². The van der Waals surface area contributed by atoms with Gasteiger partial charge in [0.2, 0.25) is 5.76 Å². The molecule has 0 aromatic rings. The van der Waals surface area contributed by atoms with E-state index >= 15 is 0 Å². The van der Waals surface area contributed by atoms with Gasteiger partial charge in [-0.05, 0) is 0 Å². The maximum atomic E-state index is 12.6. The minimum absolute atomic E-state index is 0.0103. The third-order valence-electron chi connectivity index (χ3n) is 2.46. The molecular weight excluding hydrogens is 337 g/mol. The zero-order valence-electron chi connectivity index (χ0n) is 10.6. The first-order valence-electron chi connectivity index (χ1n) is 5.72. The van der Waals surface area contributed by atoms with E-state index in [1.165, 1.54) is 0 Å². The summed E-state index contributed by atoms with van der Waals surface area (Å²) in [5, 5.41) is 0. The van der Waals surface area contributed by atoms with E-state index < -0.39 is 30.4 Å². The third kappa shape index (κ3) is 5.46. The lowest BCUT2D eigenvalue weighted by molar-refractivity contribution is -0.322. The van der Waals surface area contributed by atoms with Crippen LogP contribution in [0.5, 0.6) is 0 Å². The van der Waals surface area contributed by atoms with Crippen LogP contribution in [-0.2, 0) is 9.47 Å². The summed E-state index contributed by atoms with van der Waals surface area (Å²) < 4.78 is 120. The molecule has 0 unspecified atom stereocenters. The van der Waals surface area contributed by atoms with Crippen molar-refractivity contribution in [1.82, 2.24) is 4.90 Å². The second-order valence-electron chi connectivity index (χ2n) is 4.22. The molecule has 1 aliphatic heterocycles. The Morgan fingerprint density at radius 1 is 0.909 bits per heavy atom. The average Bonchev–Trinajstić information content (AvgIpc) is 2.31. The van der Waals surface area contributed by atoms with Crippen LogP contribution in [0.1, 0.15) is 0 Å². The van der Waals surface area contributed by atoms with Crippen LogP contribution in [0, 0.1) is 0 Å². The van der Waals surface area contributed by atoms with Gasteiger partial charge >= 0.3 is 18.5 Å². The van der Waals surface area contributed by atoms with Gasteiger partial charge in [0.25, 0.3) is 6.10 Å². The molecule has 22 heavy (non-hydrogen) atoms. The molecule has 0 radical (unpaired) electrons. The van der Waals surface area contributed by atoms with E-state index in [1.54, 1.807) is 0 Å². The van der Waals surface area contributed by atoms with Gasteiger partial charge in [-0.3, -0.25) is 0 Å². The summed E-state index contributed by atoms with van der Waals surface area (Å²) >= 11 is 0. The predicted octanol–water partition coefficient (Wildman–Crippen LogP) is 3.23. The number of allylic oxidation sites excluding steroid dienone is 1. The topological polar surface area (TPSA) is 21.7 Å². The maximum absolute atomic E-state index is 12.6. The van der Waals surface area contributed by atoms with Gasteiger partial charge in [-0.15, -0.1) is 0 Å². The minimum atomic E-state index is -6.03. The lowest BCUT2D eigenvalue weighted by atomic mass is 10.3. The van der Waals surface area contributed by atoms with Gasteiger partial charge in [-0.25, -0.2) is 0 Å². The quantitative estimate of drug-likeness (QED) is 0.578. The Morgan fingerprint density at radius 2 is 1.36 bits per heavy atom. The van der Waals surface area contributed by atoms with Gasteiger partial charge < -0.3 is 14.4 Å². The van der Waals surface area contributed by atoms with Crippen LogP contribution in [0.3, 0.4) is 0 Å². The van der Waals surface area contributed by atoms with Crippen LogP contribution >= 0.6 is 0 Å². The average molecular weight is 347 g/mol. The molecule has 0 aromatic carbocycles. The first-order chi connectivity index (χ1) is 9.82. The minimum Gasteiger partial charge on any atom is -0.465 e. The monoisotopic (exact) mass is 347 g/mol. The standard InChI is InChI=1S/C10H10F9NO2/c11-8(12,13)6(5-20-1-3-21-4-2-20)22-7(9(14,15)16)10(17,18)19/h5,7H,1-4H2. The molecule has 12 heteroatoms. The van der Waals surface area contributed by atoms with Crippen molar-refractivity contribution in [1.29, 1.82) is 0 Å². The molecule has 0 aromatic heterocycles. The van der Waals surface area contributed by atoms with E-state index in [2.05, 4.69) is 4.74 Å². The van der Waals surface area contributed by atoms with Gasteiger partial charge in [-0.1, -0.05) is 0 Å². The highest BCUT2D eigenvalue weighted by molar-refractivity contribution is 5.02. The van der Waals surface area contributed by atoms with E-state index in [9.17, 15) is 39.5 Å². The lowest BCUT2D eigenvalue weighted by Gasteiger charge is -2.29. The fourth-order valence-corrected chi connectivity index (χ4v) is 1.49. The number of hydrogen-bond donors (Lipinski definition) is 0. The van der Waals surface area contributed by atoms with Gasteiger partial charge in [0, 0.05) is 19.3 Å². The van der Waals surface area contributed by atoms with Crippen LogP contribution in [-0.4, -0.2) is 55.8 Å². The number of halogens is 9. The molecule has 130 valence electrons. The molecule has 0 spiro atoms. The van der Waals surface area contributed by atoms with Crippen LogP contribution in [0.2, 0.25) is 0 Å². The summed E-state index contributed by atoms with van der Waals surface area (Å²) in [5.41, 5.74) is 0. The van der Waals surface area contributed by atoms with Gasteiger partial charge in [0.05, 0.1) is 13.2 Å². The summed E-state index contributed by atoms with van der Waals surface area (Å²) in [6.07, 6.45) is -22.0. The van der Waals surface area contributed by atoms with E-state index in [0.29, 0.717) is 0 Å². The van der Waals surface area contributed by atoms with Crippen LogP contribution in [0.25, 0.3) is 0 Å². The Labute approximate surface area is 118 Å². The van der Waals surface area contributed by atoms with Gasteiger partial charge in [0.1, 0.15) is 0 Å². The molecule has 0 amide bonds. The number of alkyl halides is 9. The number of hydrogen-bond acceptors (Lipinski definition) is 3. The van der Waals surface area contributed by atoms with Crippen molar-refractivity contribution in [3.8, 4) is 0 Å². The number of rotatable bonds is 3. The normalized spacial score (nSPS) is 18.8. The number of ether oxygens (including phenoxy) is 2. The Bertz CT molecular complexity index is 379. The first-order valence-corrected chi connectivity index (χ1v) is 5.72. The second-order valence-corrected chi connectivity index (χ2v) is 4.22. The Balaban J connectivity index is 3.04. The van der Waals surface area contributed by atoms with E-state index in [4.69, 9.17) is 4.74 Å². The third-order valence-corrected chi connectivity index (χ3v) is 2.46. The molecule has 0 bridgehead atoms. The van der Waals surface area contributed by atoms with Crippen LogP contribution in [0.4, 0.5) is 39.5 Å². The van der Waals surface area contributed by atoms with E-state index in [0.717, 1.165) is 4.90 Å². The fraction of sp³-hybridized carbons (Fsp3) is 0.800. The Kier molecular flexibility index (Phi) is 5.47. The first kappa shape index (κ1) is 18.7. The lowest BCUT2D eigenvalue weighted by Crippen LogP contribution is -2.45. The molecule has 1 saturated heterocycles. The highest BCUT2D eigenvalue weighted by Gasteiger charge is 2.60. The summed E-state index contributed by atoms with van der Waals surface area (Å²) in [5.74, 6) is -2.37. The molecule has 0 aliphatic carbocycles. The fourth-order valence-electron chi connectivity index (χ4n) is 1.49. The van der Waals surface area contributed by atoms with Crippen LogP contribution < -0.4 is 0 Å². The molecule has 0 atom stereocenters. The summed E-state index contributed by atoms with van der Waals surface area (Å²) in [6.45, 7) is -0.259. The highest BCUT2D eigenvalue weighted by Crippen LogP contribution is 2.39. The van der Waals surface area contributed by atoms with Crippen molar-refractivity contribution in [2.75, 3.05) is 26.3 Å². The summed E-state index contributed by atoms with van der Waals surface area (Å²) in [4.78, 5) is 0.871. The summed E-state index contributed by atoms with van der Waals surface area (Å²) in [6, 6.07) is 0. The smallest absolute Gasteiger partial charge is 0.450 e. The van der Waals surface area contributed by atoms with Crippen molar-refractivity contribution in [3.05, 3.63) is 12.0 Å². The molecule has 1 fully saturated rings. The van der Waals surface area contributed by atoms with Crippen molar-refractivity contribution in [3.63, 3.8) is 0 Å². The van der Waals surface area contributed by atoms with Gasteiger partial charge in [-0.2, -0.15) is 39.5 Å². The molecule has 0 N–H and O–H groups in total. The van der Waals surface area contributed by atoms with E-state index in [1.807, 2.05) is 0 Å². The molecule has 1 rings (SSSR count). The largest absolute Gasteiger partial charge is 0.465 e. The molecule has 0 saturated carbocycles. The zero-order valence-corrected chi connectivity index (χ0v) is 10.6. The second kappa shape index (κ2) is 6.42. The van der Waals surface area contributed by atoms with Crippen molar-refractivity contribution < 1.29 is 49.0 Å².